The molecule has 20 heavy (non-hydrogen) atoms. The first kappa shape index (κ1) is 14.3. The van der Waals surface area contributed by atoms with Crippen molar-refractivity contribution in [2.75, 3.05) is 19.5 Å². The first-order chi connectivity index (χ1) is 9.63. The lowest BCUT2D eigenvalue weighted by Crippen LogP contribution is -2.02. The van der Waals surface area contributed by atoms with E-state index in [2.05, 4.69) is 10.3 Å². The van der Waals surface area contributed by atoms with Crippen molar-refractivity contribution < 1.29 is 14.6 Å². The highest BCUT2D eigenvalue weighted by atomic mass is 35.5. The lowest BCUT2D eigenvalue weighted by molar-refractivity contribution is 0.355. The zero-order valence-corrected chi connectivity index (χ0v) is 11.9. The first-order valence-electron chi connectivity index (χ1n) is 5.93. The van der Waals surface area contributed by atoms with Crippen LogP contribution in [0.4, 0.5) is 5.69 Å². The van der Waals surface area contributed by atoms with Crippen LogP contribution in [-0.2, 0) is 6.54 Å². The van der Waals surface area contributed by atoms with Gasteiger partial charge in [0.2, 0.25) is 0 Å². The van der Waals surface area contributed by atoms with Gasteiger partial charge in [-0.2, -0.15) is 0 Å². The molecule has 5 nitrogen and oxygen atoms in total. The van der Waals surface area contributed by atoms with Crippen molar-refractivity contribution in [1.82, 2.24) is 4.98 Å². The summed E-state index contributed by atoms with van der Waals surface area (Å²) in [5, 5.41) is 12.9. The quantitative estimate of drug-likeness (QED) is 0.887. The Bertz CT molecular complexity index is 588. The van der Waals surface area contributed by atoms with Gasteiger partial charge in [-0.1, -0.05) is 11.6 Å². The Kier molecular flexibility index (Phi) is 4.53. The number of aromatic nitrogens is 1. The van der Waals surface area contributed by atoms with Crippen LogP contribution < -0.4 is 14.8 Å². The van der Waals surface area contributed by atoms with Gasteiger partial charge in [0, 0.05) is 12.1 Å². The summed E-state index contributed by atoms with van der Waals surface area (Å²) in [6.07, 6.45) is 1.40. The van der Waals surface area contributed by atoms with Crippen LogP contribution in [0.25, 0.3) is 0 Å². The molecule has 0 unspecified atom stereocenters. The van der Waals surface area contributed by atoms with Crippen molar-refractivity contribution in [3.05, 3.63) is 41.2 Å². The summed E-state index contributed by atoms with van der Waals surface area (Å²) in [5.41, 5.74) is 1.51. The number of methoxy groups -OCH3 is 2. The van der Waals surface area contributed by atoms with Gasteiger partial charge in [0.15, 0.2) is 11.5 Å². The monoisotopic (exact) mass is 294 g/mol. The Morgan fingerprint density at radius 2 is 1.90 bits per heavy atom. The summed E-state index contributed by atoms with van der Waals surface area (Å²) in [6.45, 7) is 0.482. The van der Waals surface area contributed by atoms with E-state index in [1.54, 1.807) is 38.5 Å². The van der Waals surface area contributed by atoms with Crippen molar-refractivity contribution in [3.8, 4) is 17.2 Å². The molecule has 0 aliphatic heterocycles. The third-order valence-corrected chi connectivity index (χ3v) is 3.06. The highest BCUT2D eigenvalue weighted by Crippen LogP contribution is 2.36. The van der Waals surface area contributed by atoms with Gasteiger partial charge >= 0.3 is 0 Å². The fourth-order valence-electron chi connectivity index (χ4n) is 1.70. The van der Waals surface area contributed by atoms with E-state index in [-0.39, 0.29) is 5.75 Å². The Morgan fingerprint density at radius 3 is 2.50 bits per heavy atom. The van der Waals surface area contributed by atoms with Crippen LogP contribution in [0.15, 0.2) is 30.5 Å². The molecule has 0 aliphatic rings. The minimum Gasteiger partial charge on any atom is -0.506 e. The Hall–Kier alpha value is -2.14. The van der Waals surface area contributed by atoms with Gasteiger partial charge in [-0.15, -0.1) is 0 Å². The number of benzene rings is 1. The number of rotatable bonds is 5. The van der Waals surface area contributed by atoms with Crippen LogP contribution in [-0.4, -0.2) is 24.3 Å². The number of ether oxygens (including phenoxy) is 2. The molecule has 0 atom stereocenters. The van der Waals surface area contributed by atoms with E-state index in [1.165, 1.54) is 6.20 Å². The number of nitrogens with zero attached hydrogens (tertiary/aromatic N) is 1. The van der Waals surface area contributed by atoms with Crippen LogP contribution in [0.5, 0.6) is 17.2 Å². The summed E-state index contributed by atoms with van der Waals surface area (Å²) in [6, 6.07) is 6.77. The minimum atomic E-state index is 0.137. The topological polar surface area (TPSA) is 63.6 Å². The van der Waals surface area contributed by atoms with Crippen molar-refractivity contribution in [1.29, 1.82) is 0 Å². The predicted molar refractivity (Wildman–Crippen MR) is 77.8 cm³/mol. The Morgan fingerprint density at radius 1 is 1.20 bits per heavy atom. The largest absolute Gasteiger partial charge is 0.506 e. The van der Waals surface area contributed by atoms with E-state index in [9.17, 15) is 5.11 Å². The molecule has 0 amide bonds. The highest BCUT2D eigenvalue weighted by molar-refractivity contribution is 6.33. The maximum Gasteiger partial charge on any atom is 0.162 e. The van der Waals surface area contributed by atoms with E-state index in [0.29, 0.717) is 23.1 Å². The molecule has 0 radical (unpaired) electrons. The predicted octanol–water partition coefficient (Wildman–Crippen LogP) is 3.07. The molecule has 1 aromatic heterocycles. The molecule has 0 aliphatic carbocycles. The SMILES string of the molecule is COc1cc(Cl)c(NCc2ccc(O)cn2)cc1OC. The van der Waals surface area contributed by atoms with Crippen LogP contribution in [0.3, 0.4) is 0 Å². The summed E-state index contributed by atoms with van der Waals surface area (Å²) in [4.78, 5) is 4.09. The van der Waals surface area contributed by atoms with E-state index in [1.807, 2.05) is 0 Å². The van der Waals surface area contributed by atoms with Crippen molar-refractivity contribution in [2.45, 2.75) is 6.54 Å². The number of nitrogens with one attached hydrogen (secondary N) is 1. The van der Waals surface area contributed by atoms with E-state index >= 15 is 0 Å². The fourth-order valence-corrected chi connectivity index (χ4v) is 1.92. The van der Waals surface area contributed by atoms with Crippen molar-refractivity contribution in [2.24, 2.45) is 0 Å². The summed E-state index contributed by atoms with van der Waals surface area (Å²) in [7, 11) is 3.12. The van der Waals surface area contributed by atoms with Crippen LogP contribution in [0.2, 0.25) is 5.02 Å². The molecule has 0 bridgehead atoms. The molecule has 0 spiro atoms. The molecule has 6 heteroatoms. The number of hydrogen-bond donors (Lipinski definition) is 2. The Labute approximate surface area is 122 Å². The number of aromatic hydroxyl groups is 1. The minimum absolute atomic E-state index is 0.137. The molecule has 1 heterocycles. The van der Waals surface area contributed by atoms with Gasteiger partial charge in [-0.25, -0.2) is 0 Å². The molecule has 1 aromatic carbocycles. The average molecular weight is 295 g/mol. The molecule has 0 saturated heterocycles. The van der Waals surface area contributed by atoms with Crippen LogP contribution >= 0.6 is 11.6 Å². The summed E-state index contributed by atoms with van der Waals surface area (Å²) in [5.74, 6) is 1.31. The van der Waals surface area contributed by atoms with Gasteiger partial charge in [0.1, 0.15) is 5.75 Å². The average Bonchev–Trinajstić information content (AvgIpc) is 2.47. The molecule has 0 fully saturated rings. The van der Waals surface area contributed by atoms with Crippen LogP contribution in [0.1, 0.15) is 5.69 Å². The maximum atomic E-state index is 9.18. The highest BCUT2D eigenvalue weighted by Gasteiger charge is 2.09. The Balaban J connectivity index is 2.14. The molecule has 106 valence electrons. The smallest absolute Gasteiger partial charge is 0.162 e. The van der Waals surface area contributed by atoms with Gasteiger partial charge in [-0.05, 0) is 12.1 Å². The fraction of sp³-hybridized carbons (Fsp3) is 0.214. The van der Waals surface area contributed by atoms with E-state index < -0.39 is 0 Å². The summed E-state index contributed by atoms with van der Waals surface area (Å²) >= 11 is 6.17. The molecular formula is C14H15ClN2O3. The van der Waals surface area contributed by atoms with Crippen LogP contribution in [0, 0.1) is 0 Å². The second-order valence-electron chi connectivity index (χ2n) is 4.05. The molecule has 2 rings (SSSR count). The third-order valence-electron chi connectivity index (χ3n) is 2.74. The number of anilines is 1. The number of hydrogen-bond acceptors (Lipinski definition) is 5. The zero-order chi connectivity index (χ0) is 14.5. The van der Waals surface area contributed by atoms with E-state index in [4.69, 9.17) is 21.1 Å². The second kappa shape index (κ2) is 6.34. The lowest BCUT2D eigenvalue weighted by atomic mass is 10.2. The van der Waals surface area contributed by atoms with Gasteiger partial charge in [0.25, 0.3) is 0 Å². The normalized spacial score (nSPS) is 10.2. The zero-order valence-electron chi connectivity index (χ0n) is 11.2. The molecular weight excluding hydrogens is 280 g/mol. The lowest BCUT2D eigenvalue weighted by Gasteiger charge is -2.13. The van der Waals surface area contributed by atoms with Crippen molar-refractivity contribution in [3.63, 3.8) is 0 Å². The molecule has 2 aromatic rings. The van der Waals surface area contributed by atoms with Gasteiger partial charge in [0.05, 0.1) is 43.4 Å². The number of halogens is 1. The molecule has 2 N–H and O–H groups in total. The van der Waals surface area contributed by atoms with Crippen molar-refractivity contribution >= 4 is 17.3 Å². The van der Waals surface area contributed by atoms with Gasteiger partial charge < -0.3 is 19.9 Å². The first-order valence-corrected chi connectivity index (χ1v) is 6.31. The molecule has 0 saturated carbocycles. The maximum absolute atomic E-state index is 9.18. The third kappa shape index (κ3) is 3.24. The standard InChI is InChI=1S/C14H15ClN2O3/c1-19-13-5-11(15)12(6-14(13)20-2)17-7-9-3-4-10(18)8-16-9/h3-6,8,17-18H,7H2,1-2H3. The second-order valence-corrected chi connectivity index (χ2v) is 4.46. The van der Waals surface area contributed by atoms with Gasteiger partial charge in [-0.3, -0.25) is 4.98 Å². The number of pyridine rings is 1. The summed E-state index contributed by atoms with van der Waals surface area (Å²) < 4.78 is 10.4. The van der Waals surface area contributed by atoms with E-state index in [0.717, 1.165) is 11.4 Å².